The van der Waals surface area contributed by atoms with Crippen molar-refractivity contribution in [2.45, 2.75) is 193 Å². The van der Waals surface area contributed by atoms with E-state index in [9.17, 15) is 4.79 Å². The molecule has 0 rings (SSSR count). The highest BCUT2D eigenvalue weighted by Gasteiger charge is 2.17. The van der Waals surface area contributed by atoms with Crippen LogP contribution in [0.15, 0.2) is 48.6 Å². The second-order valence-electron chi connectivity index (χ2n) is 14.3. The number of nitrogens with zero attached hydrogens (tertiary/aromatic N) is 2. The first-order chi connectivity index (χ1) is 23.5. The first-order valence-electron chi connectivity index (χ1n) is 20.7. The highest BCUT2D eigenvalue weighted by molar-refractivity contribution is 5.67. The van der Waals surface area contributed by atoms with E-state index in [1.807, 2.05) is 7.05 Å². The number of rotatable bonds is 35. The fourth-order valence-electron chi connectivity index (χ4n) is 5.93. The van der Waals surface area contributed by atoms with Crippen LogP contribution in [0.25, 0.3) is 0 Å². The quantitative estimate of drug-likeness (QED) is 0.0497. The van der Waals surface area contributed by atoms with E-state index in [2.05, 4.69) is 81.5 Å². The number of carbonyl (C=O) groups excluding carboxylic acids is 1. The van der Waals surface area contributed by atoms with Crippen LogP contribution in [-0.4, -0.2) is 56.2 Å². The second kappa shape index (κ2) is 38.0. The summed E-state index contributed by atoms with van der Waals surface area (Å²) in [6, 6.07) is 0. The van der Waals surface area contributed by atoms with Crippen molar-refractivity contribution in [3.05, 3.63) is 48.6 Å². The van der Waals surface area contributed by atoms with Crippen LogP contribution in [0, 0.1) is 0 Å². The summed E-state index contributed by atoms with van der Waals surface area (Å²) in [5, 5.41) is 0. The van der Waals surface area contributed by atoms with Crippen molar-refractivity contribution in [1.82, 2.24) is 9.80 Å². The molecule has 4 heteroatoms. The summed E-state index contributed by atoms with van der Waals surface area (Å²) in [4.78, 5) is 16.8. The van der Waals surface area contributed by atoms with Crippen molar-refractivity contribution >= 4 is 6.09 Å². The van der Waals surface area contributed by atoms with Crippen LogP contribution in [0.4, 0.5) is 4.79 Å². The zero-order chi connectivity index (χ0) is 35.2. The fraction of sp³-hybridized carbons (Fsp3) is 0.795. The van der Waals surface area contributed by atoms with Crippen LogP contribution >= 0.6 is 0 Å². The van der Waals surface area contributed by atoms with Gasteiger partial charge < -0.3 is 14.5 Å². The SMILES string of the molecule is CCCCC/C=C/C/C=C/CCCCCCCCC(CCCCCCCC/C=C/C/C=C/CCCCC)OC(=O)N(C)CCCN(C)C. The third-order valence-electron chi connectivity index (χ3n) is 9.13. The molecule has 0 aliphatic carbocycles. The minimum Gasteiger partial charge on any atom is -0.446 e. The van der Waals surface area contributed by atoms with E-state index in [-0.39, 0.29) is 12.2 Å². The number of allylic oxidation sites excluding steroid dienone is 8. The van der Waals surface area contributed by atoms with Crippen molar-refractivity contribution in [3.8, 4) is 0 Å². The Labute approximate surface area is 300 Å². The van der Waals surface area contributed by atoms with Gasteiger partial charge in [0.25, 0.3) is 0 Å². The van der Waals surface area contributed by atoms with Crippen LogP contribution in [0.1, 0.15) is 187 Å². The van der Waals surface area contributed by atoms with E-state index in [0.717, 1.165) is 58.0 Å². The van der Waals surface area contributed by atoms with Gasteiger partial charge in [0.05, 0.1) is 0 Å². The van der Waals surface area contributed by atoms with E-state index in [0.29, 0.717) is 0 Å². The number of carbonyl (C=O) groups is 1. The van der Waals surface area contributed by atoms with Gasteiger partial charge in [-0.1, -0.05) is 140 Å². The molecule has 48 heavy (non-hydrogen) atoms. The lowest BCUT2D eigenvalue weighted by Gasteiger charge is -2.23. The molecule has 0 aliphatic rings. The number of ether oxygens (including phenoxy) is 1. The van der Waals surface area contributed by atoms with Gasteiger partial charge in [-0.05, 0) is 117 Å². The average Bonchev–Trinajstić information content (AvgIpc) is 3.07. The first-order valence-corrected chi connectivity index (χ1v) is 20.7. The monoisotopic (exact) mass is 671 g/mol. The van der Waals surface area contributed by atoms with Crippen molar-refractivity contribution in [2.75, 3.05) is 34.2 Å². The minimum atomic E-state index is -0.140. The van der Waals surface area contributed by atoms with E-state index >= 15 is 0 Å². The lowest BCUT2D eigenvalue weighted by atomic mass is 10.0. The topological polar surface area (TPSA) is 32.8 Å². The summed E-state index contributed by atoms with van der Waals surface area (Å²) in [6.45, 7) is 6.26. The molecule has 0 atom stereocenters. The predicted octanol–water partition coefficient (Wildman–Crippen LogP) is 13.8. The molecule has 1 amide bonds. The second-order valence-corrected chi connectivity index (χ2v) is 14.3. The fourth-order valence-corrected chi connectivity index (χ4v) is 5.93. The number of hydrogen-bond acceptors (Lipinski definition) is 3. The Kier molecular flexibility index (Phi) is 36.6. The van der Waals surface area contributed by atoms with Gasteiger partial charge in [-0.3, -0.25) is 0 Å². The predicted molar refractivity (Wildman–Crippen MR) is 214 cm³/mol. The molecule has 0 fully saturated rings. The maximum Gasteiger partial charge on any atom is 0.409 e. The van der Waals surface area contributed by atoms with Gasteiger partial charge in [-0.2, -0.15) is 0 Å². The van der Waals surface area contributed by atoms with E-state index in [4.69, 9.17) is 4.74 Å². The summed E-state index contributed by atoms with van der Waals surface area (Å²) in [7, 11) is 6.04. The van der Waals surface area contributed by atoms with Crippen LogP contribution in [-0.2, 0) is 4.74 Å². The maximum atomic E-state index is 12.8. The Bertz CT molecular complexity index is 737. The molecular weight excluding hydrogens is 588 g/mol. The molecule has 4 nitrogen and oxygen atoms in total. The number of hydrogen-bond donors (Lipinski definition) is 0. The van der Waals surface area contributed by atoms with Crippen molar-refractivity contribution < 1.29 is 9.53 Å². The van der Waals surface area contributed by atoms with E-state index in [1.54, 1.807) is 4.90 Å². The Balaban J connectivity index is 4.17. The van der Waals surface area contributed by atoms with Crippen LogP contribution in [0.2, 0.25) is 0 Å². The van der Waals surface area contributed by atoms with Gasteiger partial charge >= 0.3 is 6.09 Å². The van der Waals surface area contributed by atoms with Gasteiger partial charge in [0.15, 0.2) is 0 Å². The first kappa shape index (κ1) is 46.2. The smallest absolute Gasteiger partial charge is 0.409 e. The molecule has 0 unspecified atom stereocenters. The molecule has 0 aromatic rings. The van der Waals surface area contributed by atoms with Gasteiger partial charge in [-0.15, -0.1) is 0 Å². The Morgan fingerprint density at radius 2 is 0.854 bits per heavy atom. The molecule has 0 aromatic carbocycles. The van der Waals surface area contributed by atoms with E-state index < -0.39 is 0 Å². The van der Waals surface area contributed by atoms with Gasteiger partial charge in [-0.25, -0.2) is 4.79 Å². The van der Waals surface area contributed by atoms with E-state index in [1.165, 1.54) is 128 Å². The lowest BCUT2D eigenvalue weighted by molar-refractivity contribution is 0.0577. The maximum absolute atomic E-state index is 12.8. The zero-order valence-electron chi connectivity index (χ0n) is 32.9. The highest BCUT2D eigenvalue weighted by atomic mass is 16.6. The van der Waals surface area contributed by atoms with Crippen molar-refractivity contribution in [1.29, 1.82) is 0 Å². The Morgan fingerprint density at radius 1 is 0.479 bits per heavy atom. The Hall–Kier alpha value is -1.81. The molecule has 0 aliphatic heterocycles. The standard InChI is InChI=1S/C44H82N2O2/c1-6-8-10-12-14-16-18-20-22-24-26-28-30-32-34-36-39-43(48-44(47)46(5)42-38-41-45(3)4)40-37-35-33-31-29-27-25-23-21-19-17-15-13-11-9-7-2/h14-17,20-23,43H,6-13,18-19,24-42H2,1-5H3/b16-14+,17-15+,22-20+,23-21+. The van der Waals surface area contributed by atoms with Crippen molar-refractivity contribution in [3.63, 3.8) is 0 Å². The molecule has 280 valence electrons. The number of unbranched alkanes of at least 4 members (excludes halogenated alkanes) is 18. The van der Waals surface area contributed by atoms with Crippen molar-refractivity contribution in [2.24, 2.45) is 0 Å². The van der Waals surface area contributed by atoms with Gasteiger partial charge in [0, 0.05) is 13.6 Å². The van der Waals surface area contributed by atoms with Crippen LogP contribution in [0.5, 0.6) is 0 Å². The minimum absolute atomic E-state index is 0.0606. The molecule has 0 saturated carbocycles. The molecular formula is C44H82N2O2. The normalized spacial score (nSPS) is 12.3. The molecule has 0 radical (unpaired) electrons. The zero-order valence-corrected chi connectivity index (χ0v) is 32.9. The molecule has 0 heterocycles. The molecule has 0 aromatic heterocycles. The van der Waals surface area contributed by atoms with Crippen LogP contribution < -0.4 is 0 Å². The molecule has 0 saturated heterocycles. The summed E-state index contributed by atoms with van der Waals surface area (Å²) in [5.74, 6) is 0. The Morgan fingerprint density at radius 3 is 1.25 bits per heavy atom. The molecule has 0 spiro atoms. The summed E-state index contributed by atoms with van der Waals surface area (Å²) < 4.78 is 6.07. The third kappa shape index (κ3) is 35.5. The van der Waals surface area contributed by atoms with Crippen LogP contribution in [0.3, 0.4) is 0 Å². The molecule has 0 bridgehead atoms. The largest absolute Gasteiger partial charge is 0.446 e. The summed E-state index contributed by atoms with van der Waals surface area (Å²) in [5.41, 5.74) is 0. The molecule has 0 N–H and O–H groups in total. The summed E-state index contributed by atoms with van der Waals surface area (Å²) in [6.07, 6.45) is 51.9. The average molecular weight is 671 g/mol. The summed E-state index contributed by atoms with van der Waals surface area (Å²) >= 11 is 0. The van der Waals surface area contributed by atoms with Gasteiger partial charge in [0.2, 0.25) is 0 Å². The van der Waals surface area contributed by atoms with Gasteiger partial charge in [0.1, 0.15) is 6.10 Å². The third-order valence-corrected chi connectivity index (χ3v) is 9.13. The lowest BCUT2D eigenvalue weighted by Crippen LogP contribution is -2.33. The highest BCUT2D eigenvalue weighted by Crippen LogP contribution is 2.18. The number of amides is 1.